The van der Waals surface area contributed by atoms with E-state index >= 15 is 0 Å². The van der Waals surface area contributed by atoms with Crippen LogP contribution in [0.2, 0.25) is 0 Å². The molecule has 0 aliphatic heterocycles. The summed E-state index contributed by atoms with van der Waals surface area (Å²) in [6, 6.07) is 0. The van der Waals surface area contributed by atoms with Crippen molar-refractivity contribution in [3.63, 3.8) is 0 Å². The lowest BCUT2D eigenvalue weighted by Crippen LogP contribution is -2.14. The molecule has 0 saturated heterocycles. The standard InChI is InChI=1S/C8H13N3O2/c1-5(2)4-7(12)9-8-6(3)10-13-11-8/h5H,4H2,1-3H3,(H,9,11,12). The van der Waals surface area contributed by atoms with Gasteiger partial charge in [0.2, 0.25) is 5.91 Å². The number of hydrogen-bond acceptors (Lipinski definition) is 4. The van der Waals surface area contributed by atoms with Crippen LogP contribution in [-0.4, -0.2) is 16.2 Å². The summed E-state index contributed by atoms with van der Waals surface area (Å²) in [5.41, 5.74) is 0.595. The highest BCUT2D eigenvalue weighted by atomic mass is 16.6. The molecule has 72 valence electrons. The number of hydrogen-bond donors (Lipinski definition) is 1. The molecule has 1 aromatic rings. The molecule has 1 amide bonds. The Morgan fingerprint density at radius 3 is 2.69 bits per heavy atom. The Labute approximate surface area is 76.5 Å². The minimum atomic E-state index is -0.0613. The molecule has 1 N–H and O–H groups in total. The number of rotatable bonds is 3. The second-order valence-electron chi connectivity index (χ2n) is 3.34. The van der Waals surface area contributed by atoms with Crippen molar-refractivity contribution in [1.82, 2.24) is 10.3 Å². The van der Waals surface area contributed by atoms with Crippen molar-refractivity contribution >= 4 is 11.7 Å². The maximum atomic E-state index is 11.3. The molecule has 0 atom stereocenters. The van der Waals surface area contributed by atoms with E-state index in [4.69, 9.17) is 0 Å². The quantitative estimate of drug-likeness (QED) is 0.768. The highest BCUT2D eigenvalue weighted by Crippen LogP contribution is 2.08. The number of aryl methyl sites for hydroxylation is 1. The summed E-state index contributed by atoms with van der Waals surface area (Å²) in [6.07, 6.45) is 0.478. The predicted molar refractivity (Wildman–Crippen MR) is 47.1 cm³/mol. The summed E-state index contributed by atoms with van der Waals surface area (Å²) in [5, 5.41) is 9.71. The Hall–Kier alpha value is -1.39. The Bertz CT molecular complexity index is 293. The van der Waals surface area contributed by atoms with Gasteiger partial charge in [0.1, 0.15) is 5.69 Å². The Balaban J connectivity index is 2.50. The molecule has 0 bridgehead atoms. The third-order valence-corrected chi connectivity index (χ3v) is 1.50. The molecule has 0 spiro atoms. The van der Waals surface area contributed by atoms with Gasteiger partial charge in [0.05, 0.1) is 0 Å². The highest BCUT2D eigenvalue weighted by Gasteiger charge is 2.10. The normalized spacial score (nSPS) is 10.5. The fourth-order valence-corrected chi connectivity index (χ4v) is 0.899. The number of nitrogens with one attached hydrogen (secondary N) is 1. The lowest BCUT2D eigenvalue weighted by atomic mass is 10.1. The van der Waals surface area contributed by atoms with Crippen LogP contribution < -0.4 is 5.32 Å². The minimum Gasteiger partial charge on any atom is -0.306 e. The molecule has 0 unspecified atom stereocenters. The van der Waals surface area contributed by atoms with Gasteiger partial charge in [-0.3, -0.25) is 4.79 Å². The zero-order chi connectivity index (χ0) is 9.84. The van der Waals surface area contributed by atoms with Crippen molar-refractivity contribution in [3.8, 4) is 0 Å². The number of carbonyl (C=O) groups excluding carboxylic acids is 1. The summed E-state index contributed by atoms with van der Waals surface area (Å²) < 4.78 is 4.44. The maximum absolute atomic E-state index is 11.3. The van der Waals surface area contributed by atoms with Crippen LogP contribution in [0.15, 0.2) is 4.63 Å². The first-order chi connectivity index (χ1) is 6.09. The summed E-state index contributed by atoms with van der Waals surface area (Å²) in [6.45, 7) is 5.68. The van der Waals surface area contributed by atoms with Gasteiger partial charge in [-0.2, -0.15) is 0 Å². The Morgan fingerprint density at radius 2 is 2.23 bits per heavy atom. The fraction of sp³-hybridized carbons (Fsp3) is 0.625. The van der Waals surface area contributed by atoms with Crippen LogP contribution >= 0.6 is 0 Å². The maximum Gasteiger partial charge on any atom is 0.225 e. The van der Waals surface area contributed by atoms with E-state index in [9.17, 15) is 4.79 Å². The number of carbonyl (C=O) groups is 1. The van der Waals surface area contributed by atoms with Crippen LogP contribution in [0.5, 0.6) is 0 Å². The summed E-state index contributed by atoms with van der Waals surface area (Å²) in [5.74, 6) is 0.680. The van der Waals surface area contributed by atoms with E-state index in [1.807, 2.05) is 13.8 Å². The van der Waals surface area contributed by atoms with Crippen molar-refractivity contribution in [2.45, 2.75) is 27.2 Å². The monoisotopic (exact) mass is 183 g/mol. The number of amides is 1. The minimum absolute atomic E-state index is 0.0613. The van der Waals surface area contributed by atoms with E-state index in [2.05, 4.69) is 20.3 Å². The number of nitrogens with zero attached hydrogens (tertiary/aromatic N) is 2. The lowest BCUT2D eigenvalue weighted by Gasteiger charge is -2.03. The Kier molecular flexibility index (Phi) is 3.00. The van der Waals surface area contributed by atoms with Crippen molar-refractivity contribution in [2.24, 2.45) is 5.92 Å². The van der Waals surface area contributed by atoms with Gasteiger partial charge in [-0.25, -0.2) is 4.63 Å². The van der Waals surface area contributed by atoms with Gasteiger partial charge in [0.15, 0.2) is 5.82 Å². The average Bonchev–Trinajstić information content (AvgIpc) is 2.34. The second-order valence-corrected chi connectivity index (χ2v) is 3.34. The molecule has 1 aromatic heterocycles. The largest absolute Gasteiger partial charge is 0.306 e. The lowest BCUT2D eigenvalue weighted by molar-refractivity contribution is -0.116. The van der Waals surface area contributed by atoms with Gasteiger partial charge in [-0.15, -0.1) is 0 Å². The van der Waals surface area contributed by atoms with Gasteiger partial charge in [-0.1, -0.05) is 19.0 Å². The van der Waals surface area contributed by atoms with Crippen molar-refractivity contribution in [1.29, 1.82) is 0 Å². The third kappa shape index (κ3) is 2.85. The highest BCUT2D eigenvalue weighted by molar-refractivity contribution is 5.90. The molecule has 0 aromatic carbocycles. The smallest absolute Gasteiger partial charge is 0.225 e. The average molecular weight is 183 g/mol. The van der Waals surface area contributed by atoms with Gasteiger partial charge in [0.25, 0.3) is 0 Å². The molecule has 5 nitrogen and oxygen atoms in total. The summed E-state index contributed by atoms with van der Waals surface area (Å²) >= 11 is 0. The van der Waals surface area contributed by atoms with Gasteiger partial charge >= 0.3 is 0 Å². The van der Waals surface area contributed by atoms with E-state index in [0.717, 1.165) is 0 Å². The van der Waals surface area contributed by atoms with E-state index in [-0.39, 0.29) is 5.91 Å². The van der Waals surface area contributed by atoms with Crippen LogP contribution in [0.1, 0.15) is 26.0 Å². The van der Waals surface area contributed by atoms with Crippen LogP contribution in [0.4, 0.5) is 5.82 Å². The van der Waals surface area contributed by atoms with Crippen LogP contribution in [0.3, 0.4) is 0 Å². The van der Waals surface area contributed by atoms with E-state index < -0.39 is 0 Å². The molecule has 0 aliphatic rings. The first-order valence-corrected chi connectivity index (χ1v) is 4.18. The summed E-state index contributed by atoms with van der Waals surface area (Å²) in [7, 11) is 0. The second kappa shape index (κ2) is 4.02. The number of aromatic nitrogens is 2. The molecule has 0 fully saturated rings. The van der Waals surface area contributed by atoms with E-state index in [1.165, 1.54) is 0 Å². The molecule has 0 radical (unpaired) electrons. The Morgan fingerprint density at radius 1 is 1.54 bits per heavy atom. The molecule has 5 heteroatoms. The SMILES string of the molecule is Cc1nonc1NC(=O)CC(C)C. The van der Waals surface area contributed by atoms with Crippen molar-refractivity contribution in [2.75, 3.05) is 5.32 Å². The number of anilines is 1. The first-order valence-electron chi connectivity index (χ1n) is 4.18. The van der Waals surface area contributed by atoms with Gasteiger partial charge < -0.3 is 5.32 Å². The van der Waals surface area contributed by atoms with E-state index in [0.29, 0.717) is 23.9 Å². The van der Waals surface area contributed by atoms with Crippen LogP contribution in [-0.2, 0) is 4.79 Å². The predicted octanol–water partition coefficient (Wildman–Crippen LogP) is 1.36. The molecular formula is C8H13N3O2. The van der Waals surface area contributed by atoms with Crippen molar-refractivity contribution < 1.29 is 9.42 Å². The zero-order valence-corrected chi connectivity index (χ0v) is 8.00. The van der Waals surface area contributed by atoms with Crippen molar-refractivity contribution in [3.05, 3.63) is 5.69 Å². The zero-order valence-electron chi connectivity index (χ0n) is 8.00. The third-order valence-electron chi connectivity index (χ3n) is 1.50. The van der Waals surface area contributed by atoms with Gasteiger partial charge in [-0.05, 0) is 18.0 Å². The van der Waals surface area contributed by atoms with Crippen LogP contribution in [0, 0.1) is 12.8 Å². The molecule has 0 saturated carbocycles. The summed E-state index contributed by atoms with van der Waals surface area (Å²) in [4.78, 5) is 11.3. The van der Waals surface area contributed by atoms with Crippen LogP contribution in [0.25, 0.3) is 0 Å². The van der Waals surface area contributed by atoms with Gasteiger partial charge in [0, 0.05) is 6.42 Å². The molecule has 1 heterocycles. The first kappa shape index (κ1) is 9.70. The topological polar surface area (TPSA) is 68.0 Å². The molecule has 13 heavy (non-hydrogen) atoms. The molecule has 1 rings (SSSR count). The fourth-order valence-electron chi connectivity index (χ4n) is 0.899. The van der Waals surface area contributed by atoms with E-state index in [1.54, 1.807) is 6.92 Å². The molecule has 0 aliphatic carbocycles. The molecular weight excluding hydrogens is 170 g/mol.